The highest BCUT2D eigenvalue weighted by atomic mass is 35.5. The largest absolute Gasteiger partial charge is 0.469 e. The molecule has 0 fully saturated rings. The fourth-order valence-electron chi connectivity index (χ4n) is 2.17. The van der Waals surface area contributed by atoms with E-state index in [1.54, 1.807) is 30.5 Å². The van der Waals surface area contributed by atoms with E-state index in [0.29, 0.717) is 29.1 Å². The molecule has 2 aromatic heterocycles. The summed E-state index contributed by atoms with van der Waals surface area (Å²) in [4.78, 5) is 23.7. The van der Waals surface area contributed by atoms with Gasteiger partial charge in [-0.25, -0.2) is 4.79 Å². The number of nitrogens with one attached hydrogen (secondary N) is 1. The number of oxazole rings is 1. The number of carbonyl (C=O) groups is 1. The quantitative estimate of drug-likeness (QED) is 0.781. The zero-order valence-corrected chi connectivity index (χ0v) is 12.3. The highest BCUT2D eigenvalue weighted by Crippen LogP contribution is 2.18. The maximum Gasteiger partial charge on any atom is 0.420 e. The number of hydrogen-bond donors (Lipinski definition) is 1. The molecule has 0 aliphatic carbocycles. The summed E-state index contributed by atoms with van der Waals surface area (Å²) in [5.74, 6) is -0.0642. The van der Waals surface area contributed by atoms with E-state index in [1.165, 1.54) is 4.57 Å². The maximum absolute atomic E-state index is 11.9. The summed E-state index contributed by atoms with van der Waals surface area (Å²) in [6, 6.07) is 8.47. The highest BCUT2D eigenvalue weighted by Gasteiger charge is 2.12. The topological polar surface area (TPSA) is 77.4 Å². The van der Waals surface area contributed by atoms with Gasteiger partial charge in [-0.1, -0.05) is 11.6 Å². The molecule has 1 amide bonds. The first-order chi connectivity index (χ1) is 10.6. The number of amides is 1. The molecule has 0 saturated heterocycles. The number of fused-ring (bicyclic) bond motifs is 1. The van der Waals surface area contributed by atoms with Gasteiger partial charge in [0.2, 0.25) is 5.91 Å². The Balaban J connectivity index is 1.66. The standard InChI is InChI=1S/C15H13ClN2O4/c16-10-3-4-12-13(8-10)22-15(20)18(12)9-14(19)17-6-5-11-2-1-7-21-11/h1-4,7-8H,5-6,9H2,(H,17,19). The van der Waals surface area contributed by atoms with Gasteiger partial charge in [-0.2, -0.15) is 0 Å². The minimum absolute atomic E-state index is 0.106. The van der Waals surface area contributed by atoms with Crippen LogP contribution in [0.5, 0.6) is 0 Å². The molecule has 1 N–H and O–H groups in total. The van der Waals surface area contributed by atoms with Gasteiger partial charge in [-0.15, -0.1) is 0 Å². The smallest absolute Gasteiger partial charge is 0.420 e. The lowest BCUT2D eigenvalue weighted by Crippen LogP contribution is -2.32. The average molecular weight is 321 g/mol. The molecule has 0 spiro atoms. The molecule has 6 nitrogen and oxygen atoms in total. The van der Waals surface area contributed by atoms with Crippen LogP contribution in [0.1, 0.15) is 5.76 Å². The van der Waals surface area contributed by atoms with Gasteiger partial charge >= 0.3 is 5.76 Å². The molecule has 0 bridgehead atoms. The zero-order chi connectivity index (χ0) is 15.5. The molecule has 0 aliphatic rings. The molecule has 2 heterocycles. The fraction of sp³-hybridized carbons (Fsp3) is 0.200. The second kappa shape index (κ2) is 6.11. The second-order valence-electron chi connectivity index (χ2n) is 4.75. The van der Waals surface area contributed by atoms with Crippen LogP contribution in [-0.2, 0) is 17.8 Å². The van der Waals surface area contributed by atoms with Crippen LogP contribution in [-0.4, -0.2) is 17.0 Å². The lowest BCUT2D eigenvalue weighted by atomic mass is 10.3. The number of furan rings is 1. The molecule has 22 heavy (non-hydrogen) atoms. The number of aromatic nitrogens is 1. The summed E-state index contributed by atoms with van der Waals surface area (Å²) in [7, 11) is 0. The van der Waals surface area contributed by atoms with E-state index in [1.807, 2.05) is 6.07 Å². The Bertz CT molecular complexity index is 848. The van der Waals surface area contributed by atoms with Crippen LogP contribution in [0.3, 0.4) is 0 Å². The monoisotopic (exact) mass is 320 g/mol. The summed E-state index contributed by atoms with van der Waals surface area (Å²) in [6.45, 7) is 0.328. The van der Waals surface area contributed by atoms with Gasteiger partial charge in [0.25, 0.3) is 0 Å². The Labute approximate surface area is 130 Å². The van der Waals surface area contributed by atoms with E-state index >= 15 is 0 Å². The first-order valence-electron chi connectivity index (χ1n) is 6.71. The predicted octanol–water partition coefficient (Wildman–Crippen LogP) is 2.20. The van der Waals surface area contributed by atoms with Crippen molar-refractivity contribution in [1.82, 2.24) is 9.88 Å². The van der Waals surface area contributed by atoms with E-state index < -0.39 is 5.76 Å². The van der Waals surface area contributed by atoms with Crippen molar-refractivity contribution in [3.8, 4) is 0 Å². The lowest BCUT2D eigenvalue weighted by molar-refractivity contribution is -0.121. The van der Waals surface area contributed by atoms with Crippen molar-refractivity contribution in [2.75, 3.05) is 6.54 Å². The van der Waals surface area contributed by atoms with Crippen LogP contribution in [0.4, 0.5) is 0 Å². The molecule has 0 saturated carbocycles. The predicted molar refractivity (Wildman–Crippen MR) is 80.9 cm³/mol. The van der Waals surface area contributed by atoms with E-state index in [4.69, 9.17) is 20.4 Å². The summed E-state index contributed by atoms with van der Waals surface area (Å²) >= 11 is 5.84. The Morgan fingerprint density at radius 2 is 2.18 bits per heavy atom. The number of halogens is 1. The summed E-state index contributed by atoms with van der Waals surface area (Å²) in [5, 5.41) is 3.20. The van der Waals surface area contributed by atoms with Gasteiger partial charge in [0.15, 0.2) is 5.58 Å². The van der Waals surface area contributed by atoms with E-state index in [0.717, 1.165) is 5.76 Å². The minimum atomic E-state index is -0.585. The van der Waals surface area contributed by atoms with Crippen molar-refractivity contribution < 1.29 is 13.6 Å². The molecule has 0 aliphatic heterocycles. The van der Waals surface area contributed by atoms with Crippen LogP contribution in [0, 0.1) is 0 Å². The fourth-order valence-corrected chi connectivity index (χ4v) is 2.33. The van der Waals surface area contributed by atoms with Crippen molar-refractivity contribution >= 4 is 28.6 Å². The minimum Gasteiger partial charge on any atom is -0.469 e. The number of hydrogen-bond acceptors (Lipinski definition) is 4. The molecule has 0 atom stereocenters. The van der Waals surface area contributed by atoms with Crippen molar-refractivity contribution in [1.29, 1.82) is 0 Å². The van der Waals surface area contributed by atoms with Crippen LogP contribution in [0.2, 0.25) is 5.02 Å². The Kier molecular flexibility index (Phi) is 4.02. The lowest BCUT2D eigenvalue weighted by Gasteiger charge is -2.04. The summed E-state index contributed by atoms with van der Waals surface area (Å²) in [6.07, 6.45) is 2.18. The van der Waals surface area contributed by atoms with E-state index in [2.05, 4.69) is 5.32 Å². The third-order valence-electron chi connectivity index (χ3n) is 3.21. The van der Waals surface area contributed by atoms with E-state index in [9.17, 15) is 9.59 Å². The Morgan fingerprint density at radius 1 is 1.32 bits per heavy atom. The number of benzene rings is 1. The third kappa shape index (κ3) is 3.07. The van der Waals surface area contributed by atoms with Crippen LogP contribution >= 0.6 is 11.6 Å². The SMILES string of the molecule is O=C(Cn1c(=O)oc2cc(Cl)ccc21)NCCc1ccco1. The first kappa shape index (κ1) is 14.5. The van der Waals surface area contributed by atoms with Crippen molar-refractivity contribution in [3.63, 3.8) is 0 Å². The van der Waals surface area contributed by atoms with Gasteiger partial charge in [0.05, 0.1) is 11.8 Å². The average Bonchev–Trinajstić information content (AvgIpc) is 3.08. The van der Waals surface area contributed by atoms with Crippen molar-refractivity contribution in [3.05, 3.63) is 57.9 Å². The normalized spacial score (nSPS) is 11.0. The second-order valence-corrected chi connectivity index (χ2v) is 5.18. The highest BCUT2D eigenvalue weighted by molar-refractivity contribution is 6.31. The van der Waals surface area contributed by atoms with Crippen molar-refractivity contribution in [2.45, 2.75) is 13.0 Å². The number of carbonyl (C=O) groups excluding carboxylic acids is 1. The van der Waals surface area contributed by atoms with Gasteiger partial charge in [0.1, 0.15) is 12.3 Å². The molecular weight excluding hydrogens is 308 g/mol. The van der Waals surface area contributed by atoms with E-state index in [-0.39, 0.29) is 12.5 Å². The number of rotatable bonds is 5. The first-order valence-corrected chi connectivity index (χ1v) is 7.09. The van der Waals surface area contributed by atoms with Gasteiger partial charge < -0.3 is 14.2 Å². The molecule has 114 valence electrons. The van der Waals surface area contributed by atoms with Crippen LogP contribution in [0.15, 0.2) is 50.2 Å². The number of nitrogens with zero attached hydrogens (tertiary/aromatic N) is 1. The van der Waals surface area contributed by atoms with Gasteiger partial charge in [-0.3, -0.25) is 9.36 Å². The van der Waals surface area contributed by atoms with Crippen LogP contribution < -0.4 is 11.1 Å². The molecular formula is C15H13ClN2O4. The molecule has 1 aromatic carbocycles. The van der Waals surface area contributed by atoms with Gasteiger partial charge in [0, 0.05) is 24.1 Å². The molecule has 7 heteroatoms. The Morgan fingerprint density at radius 3 is 2.95 bits per heavy atom. The Hall–Kier alpha value is -2.47. The van der Waals surface area contributed by atoms with Crippen molar-refractivity contribution in [2.24, 2.45) is 0 Å². The summed E-state index contributed by atoms with van der Waals surface area (Å²) in [5.41, 5.74) is 0.900. The molecule has 3 rings (SSSR count). The zero-order valence-electron chi connectivity index (χ0n) is 11.5. The van der Waals surface area contributed by atoms with Crippen LogP contribution in [0.25, 0.3) is 11.1 Å². The molecule has 3 aromatic rings. The summed E-state index contributed by atoms with van der Waals surface area (Å²) < 4.78 is 11.5. The maximum atomic E-state index is 11.9. The third-order valence-corrected chi connectivity index (χ3v) is 3.44. The van der Waals surface area contributed by atoms with Gasteiger partial charge in [-0.05, 0) is 24.3 Å². The molecule has 0 unspecified atom stereocenters. The molecule has 0 radical (unpaired) electrons.